The van der Waals surface area contributed by atoms with E-state index in [1.807, 2.05) is 11.8 Å². The molecule has 1 saturated carbocycles. The van der Waals surface area contributed by atoms with Gasteiger partial charge >= 0.3 is 5.97 Å². The zero-order chi connectivity index (χ0) is 15.8. The standard InChI is InChI=1S/C17H29NO3/c1-11-14(16(20)21)9-10-18(11)15(19)12-5-7-13(8-6-12)17(2,3)4/h11-14H,5-10H2,1-4H3,(H,20,21). The van der Waals surface area contributed by atoms with E-state index in [1.165, 1.54) is 0 Å². The number of carboxylic acid groups (broad SMARTS) is 1. The van der Waals surface area contributed by atoms with E-state index in [9.17, 15) is 14.7 Å². The molecule has 1 saturated heterocycles. The number of aliphatic carboxylic acids is 1. The van der Waals surface area contributed by atoms with E-state index in [0.29, 0.717) is 24.3 Å². The minimum Gasteiger partial charge on any atom is -0.481 e. The van der Waals surface area contributed by atoms with E-state index in [4.69, 9.17) is 0 Å². The maximum Gasteiger partial charge on any atom is 0.308 e. The van der Waals surface area contributed by atoms with Crippen LogP contribution in [0.3, 0.4) is 0 Å². The summed E-state index contributed by atoms with van der Waals surface area (Å²) in [6.07, 6.45) is 4.75. The first kappa shape index (κ1) is 16.3. The van der Waals surface area contributed by atoms with Crippen molar-refractivity contribution in [2.45, 2.75) is 65.8 Å². The van der Waals surface area contributed by atoms with Crippen LogP contribution >= 0.6 is 0 Å². The Bertz CT molecular complexity index is 405. The van der Waals surface area contributed by atoms with Gasteiger partial charge in [-0.05, 0) is 50.4 Å². The molecule has 2 unspecified atom stereocenters. The molecular weight excluding hydrogens is 266 g/mol. The van der Waals surface area contributed by atoms with Gasteiger partial charge in [-0.15, -0.1) is 0 Å². The highest BCUT2D eigenvalue weighted by Crippen LogP contribution is 2.41. The molecule has 0 aromatic rings. The number of likely N-dealkylation sites (tertiary alicyclic amines) is 1. The van der Waals surface area contributed by atoms with Crippen molar-refractivity contribution < 1.29 is 14.7 Å². The third-order valence-electron chi connectivity index (χ3n) is 5.66. The smallest absolute Gasteiger partial charge is 0.308 e. The normalized spacial score (nSPS) is 34.0. The molecule has 2 fully saturated rings. The van der Waals surface area contributed by atoms with Gasteiger partial charge in [0.05, 0.1) is 5.92 Å². The molecule has 1 N–H and O–H groups in total. The Morgan fingerprint density at radius 1 is 1.05 bits per heavy atom. The molecule has 21 heavy (non-hydrogen) atoms. The molecule has 1 aliphatic heterocycles. The fourth-order valence-corrected chi connectivity index (χ4v) is 4.02. The van der Waals surface area contributed by atoms with Crippen LogP contribution in [-0.4, -0.2) is 34.5 Å². The molecule has 0 aromatic heterocycles. The minimum atomic E-state index is -0.769. The number of hydrogen-bond acceptors (Lipinski definition) is 2. The number of rotatable bonds is 2. The van der Waals surface area contributed by atoms with Gasteiger partial charge in [0.15, 0.2) is 0 Å². The van der Waals surface area contributed by atoms with Crippen molar-refractivity contribution in [2.24, 2.45) is 23.2 Å². The summed E-state index contributed by atoms with van der Waals surface area (Å²) in [4.78, 5) is 25.7. The van der Waals surface area contributed by atoms with Crippen LogP contribution in [0.2, 0.25) is 0 Å². The first-order chi connectivity index (χ1) is 9.71. The van der Waals surface area contributed by atoms with Crippen molar-refractivity contribution >= 4 is 11.9 Å². The summed E-state index contributed by atoms with van der Waals surface area (Å²) in [5.41, 5.74) is 0.323. The molecule has 2 aliphatic rings. The van der Waals surface area contributed by atoms with Crippen LogP contribution in [0.15, 0.2) is 0 Å². The summed E-state index contributed by atoms with van der Waals surface area (Å²) in [5, 5.41) is 9.18. The van der Waals surface area contributed by atoms with Crippen LogP contribution in [0.4, 0.5) is 0 Å². The van der Waals surface area contributed by atoms with Crippen molar-refractivity contribution in [1.29, 1.82) is 0 Å². The van der Waals surface area contributed by atoms with Gasteiger partial charge in [-0.25, -0.2) is 0 Å². The van der Waals surface area contributed by atoms with Gasteiger partial charge in [0.25, 0.3) is 0 Å². The van der Waals surface area contributed by atoms with Gasteiger partial charge in [-0.3, -0.25) is 9.59 Å². The third kappa shape index (κ3) is 3.41. The van der Waals surface area contributed by atoms with Gasteiger partial charge in [0.2, 0.25) is 5.91 Å². The lowest BCUT2D eigenvalue weighted by atomic mass is 9.69. The quantitative estimate of drug-likeness (QED) is 0.851. The number of carbonyl (C=O) groups is 2. The Balaban J connectivity index is 1.92. The lowest BCUT2D eigenvalue weighted by Crippen LogP contribution is -2.42. The third-order valence-corrected chi connectivity index (χ3v) is 5.66. The van der Waals surface area contributed by atoms with Crippen LogP contribution < -0.4 is 0 Å². The van der Waals surface area contributed by atoms with Crippen LogP contribution in [-0.2, 0) is 9.59 Å². The predicted molar refractivity (Wildman–Crippen MR) is 81.8 cm³/mol. The molecule has 0 spiro atoms. The van der Waals surface area contributed by atoms with E-state index in [-0.39, 0.29) is 23.8 Å². The summed E-state index contributed by atoms with van der Waals surface area (Å²) in [6.45, 7) is 9.32. The summed E-state index contributed by atoms with van der Waals surface area (Å²) < 4.78 is 0. The highest BCUT2D eigenvalue weighted by Gasteiger charge is 2.41. The van der Waals surface area contributed by atoms with E-state index < -0.39 is 5.97 Å². The van der Waals surface area contributed by atoms with Gasteiger partial charge in [-0.1, -0.05) is 20.8 Å². The molecule has 4 heteroatoms. The Labute approximate surface area is 127 Å². The average molecular weight is 295 g/mol. The molecule has 120 valence electrons. The molecule has 2 rings (SSSR count). The molecule has 0 radical (unpaired) electrons. The number of hydrogen-bond donors (Lipinski definition) is 1. The Kier molecular flexibility index (Phi) is 4.64. The molecule has 1 amide bonds. The van der Waals surface area contributed by atoms with Crippen molar-refractivity contribution in [3.8, 4) is 0 Å². The number of carbonyl (C=O) groups excluding carboxylic acids is 1. The molecule has 0 bridgehead atoms. The maximum atomic E-state index is 12.7. The first-order valence-corrected chi connectivity index (χ1v) is 8.25. The van der Waals surface area contributed by atoms with Gasteiger partial charge in [-0.2, -0.15) is 0 Å². The van der Waals surface area contributed by atoms with Crippen molar-refractivity contribution in [1.82, 2.24) is 4.90 Å². The highest BCUT2D eigenvalue weighted by atomic mass is 16.4. The number of amides is 1. The maximum absolute atomic E-state index is 12.7. The van der Waals surface area contributed by atoms with E-state index >= 15 is 0 Å². The molecule has 4 nitrogen and oxygen atoms in total. The average Bonchev–Trinajstić information content (AvgIpc) is 2.79. The Hall–Kier alpha value is -1.06. The van der Waals surface area contributed by atoms with Gasteiger partial charge in [0.1, 0.15) is 0 Å². The lowest BCUT2D eigenvalue weighted by Gasteiger charge is -2.38. The largest absolute Gasteiger partial charge is 0.481 e. The molecule has 1 aliphatic carbocycles. The van der Waals surface area contributed by atoms with Crippen molar-refractivity contribution in [3.63, 3.8) is 0 Å². The van der Waals surface area contributed by atoms with Crippen molar-refractivity contribution in [2.75, 3.05) is 6.54 Å². The molecule has 1 heterocycles. The lowest BCUT2D eigenvalue weighted by molar-refractivity contribution is -0.144. The first-order valence-electron chi connectivity index (χ1n) is 8.25. The molecule has 2 atom stereocenters. The second kappa shape index (κ2) is 5.98. The van der Waals surface area contributed by atoms with Crippen LogP contribution in [0.5, 0.6) is 0 Å². The second-order valence-electron chi connectivity index (χ2n) is 7.92. The summed E-state index contributed by atoms with van der Waals surface area (Å²) in [6, 6.07) is -0.157. The van der Waals surface area contributed by atoms with Gasteiger partial charge < -0.3 is 10.0 Å². The highest BCUT2D eigenvalue weighted by molar-refractivity contribution is 5.81. The summed E-state index contributed by atoms with van der Waals surface area (Å²) in [7, 11) is 0. The van der Waals surface area contributed by atoms with Crippen LogP contribution in [0.1, 0.15) is 59.8 Å². The topological polar surface area (TPSA) is 57.6 Å². The fraction of sp³-hybridized carbons (Fsp3) is 0.882. The molecule has 0 aromatic carbocycles. The fourth-order valence-electron chi connectivity index (χ4n) is 4.02. The minimum absolute atomic E-state index is 0.110. The predicted octanol–water partition coefficient (Wildman–Crippen LogP) is 3.16. The van der Waals surface area contributed by atoms with Gasteiger partial charge in [0, 0.05) is 18.5 Å². The number of nitrogens with zero attached hydrogens (tertiary/aromatic N) is 1. The SMILES string of the molecule is CC1C(C(=O)O)CCN1C(=O)C1CCC(C(C)(C)C)CC1. The van der Waals surface area contributed by atoms with Crippen LogP contribution in [0.25, 0.3) is 0 Å². The van der Waals surface area contributed by atoms with Crippen molar-refractivity contribution in [3.05, 3.63) is 0 Å². The zero-order valence-electron chi connectivity index (χ0n) is 13.8. The van der Waals surface area contributed by atoms with E-state index in [1.54, 1.807) is 0 Å². The monoisotopic (exact) mass is 295 g/mol. The Morgan fingerprint density at radius 3 is 2.05 bits per heavy atom. The van der Waals surface area contributed by atoms with E-state index in [0.717, 1.165) is 25.7 Å². The summed E-state index contributed by atoms with van der Waals surface area (Å²) >= 11 is 0. The Morgan fingerprint density at radius 2 is 1.62 bits per heavy atom. The van der Waals surface area contributed by atoms with E-state index in [2.05, 4.69) is 20.8 Å². The zero-order valence-corrected chi connectivity index (χ0v) is 13.8. The summed E-state index contributed by atoms with van der Waals surface area (Å²) in [5.74, 6) is -0.157. The van der Waals surface area contributed by atoms with Crippen LogP contribution in [0, 0.1) is 23.2 Å². The molecular formula is C17H29NO3. The second-order valence-corrected chi connectivity index (χ2v) is 7.92. The number of carboxylic acids is 1.